The van der Waals surface area contributed by atoms with Crippen LogP contribution in [0.15, 0.2) is 102 Å². The van der Waals surface area contributed by atoms with E-state index in [2.05, 4.69) is 10.4 Å². The molecule has 10 heteroatoms. The van der Waals surface area contributed by atoms with Crippen molar-refractivity contribution in [3.8, 4) is 0 Å². The van der Waals surface area contributed by atoms with E-state index in [9.17, 15) is 24.5 Å². The molecule has 1 aliphatic carbocycles. The second-order valence-corrected chi connectivity index (χ2v) is 10.9. The highest BCUT2D eigenvalue weighted by Gasteiger charge is 2.73. The first-order chi connectivity index (χ1) is 20.3. The zero-order chi connectivity index (χ0) is 29.2. The van der Waals surface area contributed by atoms with Crippen LogP contribution in [0.1, 0.15) is 49.4 Å². The van der Waals surface area contributed by atoms with Crippen LogP contribution in [0.3, 0.4) is 0 Å². The Morgan fingerprint density at radius 1 is 0.905 bits per heavy atom. The van der Waals surface area contributed by atoms with Crippen LogP contribution in [0.2, 0.25) is 5.02 Å². The number of nitrogens with one attached hydrogen (secondary N) is 1. The Balaban J connectivity index is 1.50. The second kappa shape index (κ2) is 9.46. The summed E-state index contributed by atoms with van der Waals surface area (Å²) in [5.41, 5.74) is 0.612. The van der Waals surface area contributed by atoms with Gasteiger partial charge in [-0.25, -0.2) is 0 Å². The minimum Gasteiger partial charge on any atom is -0.324 e. The molecule has 0 saturated carbocycles. The molecular weight excluding hydrogens is 556 g/mol. The molecule has 3 atom stereocenters. The van der Waals surface area contributed by atoms with E-state index in [0.717, 1.165) is 0 Å². The summed E-state index contributed by atoms with van der Waals surface area (Å²) < 4.78 is 0. The highest BCUT2D eigenvalue weighted by molar-refractivity contribution is 6.32. The van der Waals surface area contributed by atoms with Crippen LogP contribution in [-0.2, 0) is 4.79 Å². The molecule has 1 amide bonds. The summed E-state index contributed by atoms with van der Waals surface area (Å²) in [6, 6.07) is 24.1. The number of nitro groups is 1. The predicted molar refractivity (Wildman–Crippen MR) is 156 cm³/mol. The zero-order valence-corrected chi connectivity index (χ0v) is 22.6. The minimum atomic E-state index is -1.82. The number of carbonyl (C=O) groups excluding carboxylic acids is 3. The highest BCUT2D eigenvalue weighted by Crippen LogP contribution is 2.64. The lowest BCUT2D eigenvalue weighted by Crippen LogP contribution is -2.44. The van der Waals surface area contributed by atoms with Crippen molar-refractivity contribution < 1.29 is 19.3 Å². The van der Waals surface area contributed by atoms with Crippen molar-refractivity contribution in [1.82, 2.24) is 5.01 Å². The number of rotatable bonds is 4. The number of ketones is 2. The van der Waals surface area contributed by atoms with E-state index in [1.807, 2.05) is 24.3 Å². The first kappa shape index (κ1) is 25.8. The molecule has 0 aromatic heterocycles. The number of benzene rings is 4. The lowest BCUT2D eigenvalue weighted by Gasteiger charge is -2.36. The molecule has 42 heavy (non-hydrogen) atoms. The number of halogens is 1. The van der Waals surface area contributed by atoms with Crippen molar-refractivity contribution in [3.63, 3.8) is 0 Å². The monoisotopic (exact) mass is 576 g/mol. The number of anilines is 1. The summed E-state index contributed by atoms with van der Waals surface area (Å²) in [6.45, 7) is 0. The quantitative estimate of drug-likeness (QED) is 0.186. The van der Waals surface area contributed by atoms with E-state index in [4.69, 9.17) is 11.6 Å². The maximum atomic E-state index is 14.7. The van der Waals surface area contributed by atoms with E-state index in [1.54, 1.807) is 60.8 Å². The van der Waals surface area contributed by atoms with Crippen LogP contribution in [0, 0.1) is 15.5 Å². The third-order valence-corrected chi connectivity index (χ3v) is 8.65. The molecule has 7 rings (SSSR count). The molecule has 0 radical (unpaired) electrons. The number of hydrogen-bond acceptors (Lipinski definition) is 7. The van der Waals surface area contributed by atoms with Crippen LogP contribution in [0.5, 0.6) is 0 Å². The Labute approximate surface area is 244 Å². The van der Waals surface area contributed by atoms with E-state index >= 15 is 0 Å². The number of nitro benzene ring substituents is 1. The van der Waals surface area contributed by atoms with Crippen LogP contribution < -0.4 is 5.32 Å². The lowest BCUT2D eigenvalue weighted by atomic mass is 9.63. The first-order valence-electron chi connectivity index (χ1n) is 13.2. The second-order valence-electron chi connectivity index (χ2n) is 10.5. The Bertz CT molecular complexity index is 1820. The molecular formula is C32H21ClN4O5. The Hall–Kier alpha value is -5.15. The van der Waals surface area contributed by atoms with Crippen molar-refractivity contribution in [2.24, 2.45) is 10.5 Å². The van der Waals surface area contributed by atoms with Gasteiger partial charge < -0.3 is 5.32 Å². The third kappa shape index (κ3) is 3.56. The number of non-ortho nitro benzene ring substituents is 1. The summed E-state index contributed by atoms with van der Waals surface area (Å²) in [5, 5.41) is 21.4. The van der Waals surface area contributed by atoms with Gasteiger partial charge in [-0.15, -0.1) is 0 Å². The van der Waals surface area contributed by atoms with Gasteiger partial charge in [0, 0.05) is 39.9 Å². The molecule has 0 unspecified atom stereocenters. The number of hydrazone groups is 1. The molecule has 1 spiro atoms. The van der Waals surface area contributed by atoms with Crippen molar-refractivity contribution in [3.05, 3.63) is 140 Å². The van der Waals surface area contributed by atoms with Crippen molar-refractivity contribution in [2.75, 3.05) is 5.32 Å². The number of carbonyl (C=O) groups is 3. The fourth-order valence-electron chi connectivity index (χ4n) is 6.73. The largest absolute Gasteiger partial charge is 0.324 e. The summed E-state index contributed by atoms with van der Waals surface area (Å²) in [5.74, 6) is -2.53. The first-order valence-corrected chi connectivity index (χ1v) is 13.6. The summed E-state index contributed by atoms with van der Waals surface area (Å²) in [6.07, 6.45) is 1.61. The summed E-state index contributed by atoms with van der Waals surface area (Å²) in [4.78, 5) is 54.9. The van der Waals surface area contributed by atoms with Gasteiger partial charge in [-0.3, -0.25) is 29.5 Å². The minimum absolute atomic E-state index is 0.219. The molecule has 2 aliphatic heterocycles. The maximum absolute atomic E-state index is 14.7. The predicted octanol–water partition coefficient (Wildman–Crippen LogP) is 5.81. The molecule has 2 heterocycles. The smallest absolute Gasteiger partial charge is 0.269 e. The molecule has 3 aliphatic rings. The van der Waals surface area contributed by atoms with Gasteiger partial charge in [0.1, 0.15) is 11.5 Å². The van der Waals surface area contributed by atoms with Crippen LogP contribution >= 0.6 is 11.6 Å². The van der Waals surface area contributed by atoms with Crippen molar-refractivity contribution in [2.45, 2.75) is 18.0 Å². The average Bonchev–Trinajstić information content (AvgIpc) is 3.44. The fourth-order valence-corrected chi connectivity index (χ4v) is 6.86. The molecule has 1 saturated heterocycles. The Kier molecular flexibility index (Phi) is 5.81. The number of nitrogens with zero attached hydrogens (tertiary/aromatic N) is 3. The topological polar surface area (TPSA) is 122 Å². The van der Waals surface area contributed by atoms with Gasteiger partial charge in [-0.1, -0.05) is 72.3 Å². The van der Waals surface area contributed by atoms with Gasteiger partial charge in [0.15, 0.2) is 11.6 Å². The van der Waals surface area contributed by atoms with E-state index in [1.165, 1.54) is 23.2 Å². The molecule has 206 valence electrons. The molecule has 0 bridgehead atoms. The van der Waals surface area contributed by atoms with E-state index in [0.29, 0.717) is 27.4 Å². The number of fused-ring (bicyclic) bond motifs is 5. The van der Waals surface area contributed by atoms with Crippen LogP contribution in [-0.4, -0.2) is 39.7 Å². The average molecular weight is 577 g/mol. The zero-order valence-electron chi connectivity index (χ0n) is 21.8. The van der Waals surface area contributed by atoms with Crippen molar-refractivity contribution in [1.29, 1.82) is 0 Å². The Morgan fingerprint density at radius 2 is 1.57 bits per heavy atom. The number of amides is 1. The summed E-state index contributed by atoms with van der Waals surface area (Å²) in [7, 11) is 0. The van der Waals surface area contributed by atoms with E-state index in [-0.39, 0.29) is 16.8 Å². The molecule has 1 N–H and O–H groups in total. The van der Waals surface area contributed by atoms with Gasteiger partial charge in [0.2, 0.25) is 5.91 Å². The van der Waals surface area contributed by atoms with Crippen LogP contribution in [0.4, 0.5) is 11.4 Å². The Morgan fingerprint density at radius 3 is 2.26 bits per heavy atom. The normalized spacial score (nSPS) is 21.2. The molecule has 1 fully saturated rings. The summed E-state index contributed by atoms with van der Waals surface area (Å²) >= 11 is 6.05. The number of Topliss-reactive ketones (excluding diaryl/α,β-unsaturated/α-hetero) is 2. The van der Waals surface area contributed by atoms with Gasteiger partial charge in [-0.05, 0) is 41.0 Å². The van der Waals surface area contributed by atoms with E-state index < -0.39 is 45.8 Å². The molecule has 4 aromatic rings. The lowest BCUT2D eigenvalue weighted by molar-refractivity contribution is -0.384. The fraction of sp³-hybridized carbons (Fsp3) is 0.125. The van der Waals surface area contributed by atoms with Crippen LogP contribution in [0.25, 0.3) is 0 Å². The van der Waals surface area contributed by atoms with Gasteiger partial charge in [0.05, 0.1) is 17.2 Å². The standard InChI is InChI=1S/C32H21ClN4O5/c33-20-12-14-21(15-13-20)35-31(40)27-26(18-7-5-8-22(16-18)37(41)42)32(29(38)24-10-3-4-11-25(24)30(32)39)28-23-9-2-1-6-19(23)17-34-36(27)28/h1-17,26-28H,(H,35,40)/t26-,27-,28+/m1/s1. The number of hydrogen-bond donors (Lipinski definition) is 1. The SMILES string of the molecule is O=C(Nc1ccc(Cl)cc1)[C@H]1[C@@H](c2cccc([N+](=O)[O-])c2)C2(C(=O)c3ccccc3C2=O)[C@@H]2c3ccccc3C=NN21. The van der Waals surface area contributed by atoms with Gasteiger partial charge >= 0.3 is 0 Å². The van der Waals surface area contributed by atoms with Gasteiger partial charge in [0.25, 0.3) is 5.69 Å². The van der Waals surface area contributed by atoms with Gasteiger partial charge in [-0.2, -0.15) is 5.10 Å². The molecule has 9 nitrogen and oxygen atoms in total. The van der Waals surface area contributed by atoms with Crippen molar-refractivity contribution >= 4 is 46.7 Å². The highest BCUT2D eigenvalue weighted by atomic mass is 35.5. The molecule has 4 aromatic carbocycles. The third-order valence-electron chi connectivity index (χ3n) is 8.40. The maximum Gasteiger partial charge on any atom is 0.269 e.